The Kier molecular flexibility index (Phi) is 6.44. The van der Waals surface area contributed by atoms with Crippen molar-refractivity contribution in [3.8, 4) is 11.1 Å². The number of nitrogens with one attached hydrogen (secondary N) is 2. The van der Waals surface area contributed by atoms with Gasteiger partial charge in [-0.05, 0) is 47.9 Å². The summed E-state index contributed by atoms with van der Waals surface area (Å²) in [6.07, 6.45) is 1.81. The van der Waals surface area contributed by atoms with E-state index in [1.165, 1.54) is 0 Å². The number of carbonyl (C=O) groups is 3. The molecule has 2 aliphatic carbocycles. The van der Waals surface area contributed by atoms with E-state index < -0.39 is 18.1 Å². The molecule has 32 heavy (non-hydrogen) atoms. The molecule has 0 aliphatic heterocycles. The number of hydrogen-bond donors (Lipinski definition) is 3. The number of rotatable bonds is 7. The number of carboxylic acids is 1. The van der Waals surface area contributed by atoms with Crippen LogP contribution in [0.2, 0.25) is 0 Å². The molecule has 0 heterocycles. The lowest BCUT2D eigenvalue weighted by Crippen LogP contribution is -2.49. The topological polar surface area (TPSA) is 105 Å². The molecule has 0 aromatic heterocycles. The van der Waals surface area contributed by atoms with Crippen LogP contribution in [0.1, 0.15) is 49.7 Å². The molecule has 3 atom stereocenters. The number of amides is 2. The van der Waals surface area contributed by atoms with E-state index in [0.29, 0.717) is 0 Å². The van der Waals surface area contributed by atoms with Crippen molar-refractivity contribution in [1.82, 2.24) is 10.6 Å². The highest BCUT2D eigenvalue weighted by atomic mass is 16.5. The molecule has 2 aromatic carbocycles. The van der Waals surface area contributed by atoms with E-state index >= 15 is 0 Å². The Labute approximate surface area is 187 Å². The first kappa shape index (κ1) is 21.9. The summed E-state index contributed by atoms with van der Waals surface area (Å²) in [6, 6.07) is 15.2. The van der Waals surface area contributed by atoms with Gasteiger partial charge in [0.2, 0.25) is 5.91 Å². The zero-order valence-corrected chi connectivity index (χ0v) is 18.0. The molecule has 1 saturated carbocycles. The third-order valence-electron chi connectivity index (χ3n) is 6.49. The van der Waals surface area contributed by atoms with Gasteiger partial charge in [-0.1, -0.05) is 55.0 Å². The summed E-state index contributed by atoms with van der Waals surface area (Å²) in [6.45, 7) is 1.77. The largest absolute Gasteiger partial charge is 0.481 e. The fourth-order valence-corrected chi connectivity index (χ4v) is 4.89. The lowest BCUT2D eigenvalue weighted by atomic mass is 9.98. The number of benzene rings is 2. The van der Waals surface area contributed by atoms with Gasteiger partial charge in [0.15, 0.2) is 0 Å². The molecule has 0 bridgehead atoms. The van der Waals surface area contributed by atoms with Crippen molar-refractivity contribution in [1.29, 1.82) is 0 Å². The van der Waals surface area contributed by atoms with Crippen molar-refractivity contribution in [3.05, 3.63) is 59.7 Å². The van der Waals surface area contributed by atoms with Crippen molar-refractivity contribution < 1.29 is 24.2 Å². The van der Waals surface area contributed by atoms with Crippen LogP contribution in [0.5, 0.6) is 0 Å². The van der Waals surface area contributed by atoms with Gasteiger partial charge in [-0.3, -0.25) is 9.59 Å². The monoisotopic (exact) mass is 436 g/mol. The third kappa shape index (κ3) is 4.61. The van der Waals surface area contributed by atoms with Crippen LogP contribution in [0.25, 0.3) is 11.1 Å². The summed E-state index contributed by atoms with van der Waals surface area (Å²) in [5.41, 5.74) is 4.55. The smallest absolute Gasteiger partial charge is 0.407 e. The number of fused-ring (bicyclic) bond motifs is 3. The van der Waals surface area contributed by atoms with Gasteiger partial charge < -0.3 is 20.5 Å². The maximum atomic E-state index is 12.5. The van der Waals surface area contributed by atoms with Crippen LogP contribution < -0.4 is 10.6 Å². The predicted octanol–water partition coefficient (Wildman–Crippen LogP) is 3.67. The Morgan fingerprint density at radius 1 is 1.03 bits per heavy atom. The first-order chi connectivity index (χ1) is 15.4. The molecule has 2 amide bonds. The molecule has 0 saturated heterocycles. The molecule has 2 aliphatic rings. The first-order valence-electron chi connectivity index (χ1n) is 11.1. The van der Waals surface area contributed by atoms with Gasteiger partial charge in [0.25, 0.3) is 0 Å². The van der Waals surface area contributed by atoms with Crippen molar-refractivity contribution in [2.75, 3.05) is 6.61 Å². The summed E-state index contributed by atoms with van der Waals surface area (Å²) >= 11 is 0. The molecular formula is C25H28N2O5. The average Bonchev–Trinajstić information content (AvgIpc) is 3.33. The maximum absolute atomic E-state index is 12.5. The van der Waals surface area contributed by atoms with E-state index in [9.17, 15) is 14.4 Å². The van der Waals surface area contributed by atoms with E-state index in [1.807, 2.05) is 36.4 Å². The highest BCUT2D eigenvalue weighted by Gasteiger charge is 2.32. The number of hydrogen-bond acceptors (Lipinski definition) is 4. The number of ether oxygens (including phenoxy) is 1. The number of carbonyl (C=O) groups excluding carboxylic acids is 2. The lowest BCUT2D eigenvalue weighted by molar-refractivity contribution is -0.138. The number of alkyl carbamates (subject to hydrolysis) is 1. The lowest BCUT2D eigenvalue weighted by Gasteiger charge is -2.22. The van der Waals surface area contributed by atoms with Gasteiger partial charge in [0.1, 0.15) is 12.6 Å². The van der Waals surface area contributed by atoms with Gasteiger partial charge in [-0.25, -0.2) is 4.79 Å². The Morgan fingerprint density at radius 3 is 2.28 bits per heavy atom. The number of aliphatic carboxylic acids is 1. The van der Waals surface area contributed by atoms with Crippen LogP contribution >= 0.6 is 0 Å². The fourth-order valence-electron chi connectivity index (χ4n) is 4.89. The van der Waals surface area contributed by atoms with Gasteiger partial charge in [0.05, 0.1) is 6.42 Å². The molecule has 3 N–H and O–H groups in total. The van der Waals surface area contributed by atoms with Crippen LogP contribution in [0.4, 0.5) is 4.79 Å². The molecule has 3 unspecified atom stereocenters. The second kappa shape index (κ2) is 9.42. The summed E-state index contributed by atoms with van der Waals surface area (Å²) in [7, 11) is 0. The molecule has 7 nitrogen and oxygen atoms in total. The molecule has 168 valence electrons. The minimum absolute atomic E-state index is 0.0408. The summed E-state index contributed by atoms with van der Waals surface area (Å²) in [4.78, 5) is 35.9. The van der Waals surface area contributed by atoms with Crippen molar-refractivity contribution in [2.45, 2.75) is 50.6 Å². The maximum Gasteiger partial charge on any atom is 0.407 e. The minimum Gasteiger partial charge on any atom is -0.481 e. The van der Waals surface area contributed by atoms with Gasteiger partial charge >= 0.3 is 12.1 Å². The molecule has 0 radical (unpaired) electrons. The summed E-state index contributed by atoms with van der Waals surface area (Å²) < 4.78 is 5.50. The highest BCUT2D eigenvalue weighted by molar-refractivity contribution is 5.85. The number of carboxylic acid groups (broad SMARTS) is 1. The van der Waals surface area contributed by atoms with Crippen molar-refractivity contribution >= 4 is 18.0 Å². The van der Waals surface area contributed by atoms with Gasteiger partial charge in [0, 0.05) is 12.0 Å². The van der Waals surface area contributed by atoms with Crippen LogP contribution in [0, 0.1) is 5.92 Å². The third-order valence-corrected chi connectivity index (χ3v) is 6.49. The van der Waals surface area contributed by atoms with Crippen LogP contribution in [-0.4, -0.2) is 41.8 Å². The second-order valence-electron chi connectivity index (χ2n) is 8.60. The van der Waals surface area contributed by atoms with Crippen molar-refractivity contribution in [2.24, 2.45) is 5.92 Å². The van der Waals surface area contributed by atoms with Crippen LogP contribution in [-0.2, 0) is 14.3 Å². The molecule has 7 heteroatoms. The van der Waals surface area contributed by atoms with Gasteiger partial charge in [-0.15, -0.1) is 0 Å². The molecule has 0 spiro atoms. The summed E-state index contributed by atoms with van der Waals surface area (Å²) in [5, 5.41) is 14.5. The van der Waals surface area contributed by atoms with E-state index in [2.05, 4.69) is 22.8 Å². The fraction of sp³-hybridized carbons (Fsp3) is 0.400. The Hall–Kier alpha value is -3.35. The van der Waals surface area contributed by atoms with E-state index in [4.69, 9.17) is 9.84 Å². The van der Waals surface area contributed by atoms with Crippen molar-refractivity contribution in [3.63, 3.8) is 0 Å². The van der Waals surface area contributed by atoms with Crippen LogP contribution in [0.3, 0.4) is 0 Å². The zero-order valence-electron chi connectivity index (χ0n) is 18.0. The zero-order chi connectivity index (χ0) is 22.7. The van der Waals surface area contributed by atoms with Crippen LogP contribution in [0.15, 0.2) is 48.5 Å². The molecule has 4 rings (SSSR count). The Balaban J connectivity index is 1.31. The van der Waals surface area contributed by atoms with E-state index in [-0.39, 0.29) is 36.8 Å². The predicted molar refractivity (Wildman–Crippen MR) is 119 cm³/mol. The highest BCUT2D eigenvalue weighted by Crippen LogP contribution is 2.44. The molecular weight excluding hydrogens is 408 g/mol. The second-order valence-corrected chi connectivity index (χ2v) is 8.60. The Bertz CT molecular complexity index is 975. The van der Waals surface area contributed by atoms with E-state index in [0.717, 1.165) is 41.5 Å². The SMILES string of the molecule is CC(NC(=O)OCC1c2ccccc2-c2ccccc21)C(=O)NC1CCCC1CC(=O)O. The minimum atomic E-state index is -0.860. The normalized spacial score (nSPS) is 20.2. The Morgan fingerprint density at radius 2 is 1.66 bits per heavy atom. The average molecular weight is 437 g/mol. The standard InChI is InChI=1S/C25H28N2O5/c1-15(24(30)27-22-12-6-7-16(22)13-23(28)29)26-25(31)32-14-21-19-10-4-2-8-17(19)18-9-3-5-11-20(18)21/h2-5,8-11,15-16,21-22H,6-7,12-14H2,1H3,(H,26,31)(H,27,30)(H,28,29). The van der Waals surface area contributed by atoms with Gasteiger partial charge in [-0.2, -0.15) is 0 Å². The first-order valence-corrected chi connectivity index (χ1v) is 11.1. The van der Waals surface area contributed by atoms with E-state index in [1.54, 1.807) is 6.92 Å². The summed E-state index contributed by atoms with van der Waals surface area (Å²) in [5.74, 6) is -1.31. The molecule has 2 aromatic rings. The molecule has 1 fully saturated rings. The quantitative estimate of drug-likeness (QED) is 0.614.